The van der Waals surface area contributed by atoms with Crippen molar-refractivity contribution in [3.05, 3.63) is 308 Å². The van der Waals surface area contributed by atoms with Crippen LogP contribution in [0.5, 0.6) is 0 Å². The lowest BCUT2D eigenvalue weighted by molar-refractivity contribution is 1.45. The van der Waals surface area contributed by atoms with Gasteiger partial charge in [0.1, 0.15) is 0 Å². The molecule has 0 bridgehead atoms. The molecule has 0 heterocycles. The van der Waals surface area contributed by atoms with E-state index in [4.69, 9.17) is 0 Å². The largest absolute Gasteiger partial charge is 0.250 e. The number of rotatable bonds is 12. The van der Waals surface area contributed by atoms with Crippen LogP contribution in [0.15, 0.2) is 291 Å². The Hall–Kier alpha value is -8.85. The number of hydrogen-bond acceptors (Lipinski definition) is 0. The Kier molecular flexibility index (Phi) is 13.6. The first-order chi connectivity index (χ1) is 37.9. The molecule has 0 nitrogen and oxygen atoms in total. The Bertz CT molecular complexity index is 3570. The summed E-state index contributed by atoms with van der Waals surface area (Å²) in [6.45, 7) is 6.99. The molecule has 12 aromatic carbocycles. The van der Waals surface area contributed by atoms with Gasteiger partial charge in [0.05, 0.1) is 0 Å². The topological polar surface area (TPSA) is 0 Å². The van der Waals surface area contributed by atoms with E-state index in [9.17, 15) is 11.1 Å². The zero-order chi connectivity index (χ0) is 52.3. The summed E-state index contributed by atoms with van der Waals surface area (Å²) in [6.07, 6.45) is 0. The molecule has 77 heavy (non-hydrogen) atoms. The van der Waals surface area contributed by atoms with Gasteiger partial charge in [-0.2, -0.15) is 0 Å². The van der Waals surface area contributed by atoms with Crippen molar-refractivity contribution in [3.63, 3.8) is 0 Å². The third-order valence-corrected chi connectivity index (χ3v) is 20.9. The van der Waals surface area contributed by atoms with Crippen LogP contribution in [0.4, 0.5) is 0 Å². The standard InChI is InChI=1S/C75H57ClSi/c1-52-49-64(55-31-13-4-14-32-55)67(58-37-19-7-20-38-58)70(61-43-25-10-26-44-61)73(52)77(76,74-53(2)50-65(56-33-15-5-16-34-56)68(59-39-21-8-22-40-59)71(74)62-45-27-11-28-46-62)75-54(3)51-66(57-35-17-6-18-36-57)69(60-41-23-9-24-42-60)72(75)63-47-29-12-30-48-63/h4-51H,1-3H3. The zero-order valence-electron chi connectivity index (χ0n) is 43.6. The molecule has 12 rings (SSSR count). The van der Waals surface area contributed by atoms with Crippen molar-refractivity contribution in [3.8, 4) is 100 Å². The van der Waals surface area contributed by atoms with Gasteiger partial charge in [0, 0.05) is 0 Å². The lowest BCUT2D eigenvalue weighted by Crippen LogP contribution is -2.67. The van der Waals surface area contributed by atoms with Crippen LogP contribution in [0.3, 0.4) is 0 Å². The summed E-state index contributed by atoms with van der Waals surface area (Å²) >= 11 is 10.0. The molecule has 0 radical (unpaired) electrons. The van der Waals surface area contributed by atoms with Crippen molar-refractivity contribution < 1.29 is 0 Å². The van der Waals surface area contributed by atoms with E-state index < -0.39 is 7.38 Å². The van der Waals surface area contributed by atoms with E-state index in [1.807, 2.05) is 0 Å². The fourth-order valence-corrected chi connectivity index (χ4v) is 18.7. The monoisotopic (exact) mass is 1020 g/mol. The van der Waals surface area contributed by atoms with Crippen LogP contribution < -0.4 is 15.6 Å². The molecular formula is C75H57ClSi. The quantitative estimate of drug-likeness (QED) is 0.0650. The summed E-state index contributed by atoms with van der Waals surface area (Å²) in [5, 5.41) is 3.51. The van der Waals surface area contributed by atoms with Crippen molar-refractivity contribution in [2.75, 3.05) is 0 Å². The maximum atomic E-state index is 10.0. The highest BCUT2D eigenvalue weighted by Gasteiger charge is 2.49. The second-order valence-electron chi connectivity index (χ2n) is 20.1. The Morgan fingerprint density at radius 3 is 0.545 bits per heavy atom. The molecule has 0 saturated heterocycles. The number of benzene rings is 12. The minimum atomic E-state index is -4.09. The number of hydrogen-bond donors (Lipinski definition) is 0. The predicted molar refractivity (Wildman–Crippen MR) is 333 cm³/mol. The molecule has 0 aliphatic heterocycles. The van der Waals surface area contributed by atoms with E-state index in [2.05, 4.69) is 312 Å². The van der Waals surface area contributed by atoms with E-state index in [1.54, 1.807) is 0 Å². The molecule has 0 atom stereocenters. The molecule has 0 aromatic heterocycles. The molecule has 0 spiro atoms. The number of halogens is 1. The lowest BCUT2D eigenvalue weighted by Gasteiger charge is -2.39. The molecule has 0 unspecified atom stereocenters. The van der Waals surface area contributed by atoms with E-state index in [1.165, 1.54) is 32.3 Å². The predicted octanol–water partition coefficient (Wildman–Crippen LogP) is 18.8. The summed E-state index contributed by atoms with van der Waals surface area (Å²) in [5.74, 6) is 0. The fourth-order valence-electron chi connectivity index (χ4n) is 12.1. The van der Waals surface area contributed by atoms with E-state index in [0.29, 0.717) is 0 Å². The minimum absolute atomic E-state index is 1.12. The normalized spacial score (nSPS) is 11.4. The molecule has 368 valence electrons. The van der Waals surface area contributed by atoms with Crippen LogP contribution in [0.1, 0.15) is 16.7 Å². The Morgan fingerprint density at radius 1 is 0.208 bits per heavy atom. The average Bonchev–Trinajstić information content (AvgIpc) is 3.61. The highest BCUT2D eigenvalue weighted by molar-refractivity contribution is 7.42. The first kappa shape index (κ1) is 49.0. The van der Waals surface area contributed by atoms with Crippen LogP contribution in [0, 0.1) is 20.8 Å². The third-order valence-electron chi connectivity index (χ3n) is 15.2. The minimum Gasteiger partial charge on any atom is -0.149 e. The van der Waals surface area contributed by atoms with E-state index in [-0.39, 0.29) is 0 Å². The van der Waals surface area contributed by atoms with Gasteiger partial charge in [0.25, 0.3) is 7.38 Å². The smallest absolute Gasteiger partial charge is 0.149 e. The summed E-state index contributed by atoms with van der Waals surface area (Å²) in [7, 11) is -4.09. The van der Waals surface area contributed by atoms with Gasteiger partial charge in [-0.25, -0.2) is 0 Å². The average molecular weight is 1020 g/mol. The van der Waals surface area contributed by atoms with Crippen LogP contribution in [-0.2, 0) is 0 Å². The first-order valence-electron chi connectivity index (χ1n) is 26.6. The van der Waals surface area contributed by atoms with E-state index >= 15 is 0 Å². The molecule has 0 aliphatic rings. The highest BCUT2D eigenvalue weighted by Crippen LogP contribution is 2.48. The van der Waals surface area contributed by atoms with Crippen molar-refractivity contribution in [2.24, 2.45) is 0 Å². The van der Waals surface area contributed by atoms with Gasteiger partial charge in [0.2, 0.25) is 0 Å². The highest BCUT2D eigenvalue weighted by atomic mass is 35.6. The maximum absolute atomic E-state index is 10.0. The molecule has 0 saturated carbocycles. The fraction of sp³-hybridized carbons (Fsp3) is 0.0400. The molecule has 2 heteroatoms. The van der Waals surface area contributed by atoms with Gasteiger partial charge < -0.3 is 0 Å². The summed E-state index contributed by atoms with van der Waals surface area (Å²) < 4.78 is 0. The van der Waals surface area contributed by atoms with Crippen LogP contribution >= 0.6 is 11.1 Å². The van der Waals surface area contributed by atoms with Crippen LogP contribution in [-0.4, -0.2) is 7.38 Å². The van der Waals surface area contributed by atoms with Gasteiger partial charge in [-0.05, 0) is 153 Å². The first-order valence-corrected chi connectivity index (χ1v) is 29.6. The Balaban J connectivity index is 1.39. The van der Waals surface area contributed by atoms with Crippen molar-refractivity contribution in [2.45, 2.75) is 20.8 Å². The summed E-state index contributed by atoms with van der Waals surface area (Å²) in [6, 6.07) is 106. The Morgan fingerprint density at radius 2 is 0.364 bits per heavy atom. The summed E-state index contributed by atoms with van der Waals surface area (Å²) in [5.41, 5.74) is 24.1. The molecule has 0 N–H and O–H groups in total. The second kappa shape index (κ2) is 21.4. The lowest BCUT2D eigenvalue weighted by atomic mass is 9.85. The van der Waals surface area contributed by atoms with Gasteiger partial charge in [-0.1, -0.05) is 291 Å². The number of aryl methyl sites for hydroxylation is 3. The third kappa shape index (κ3) is 9.08. The van der Waals surface area contributed by atoms with E-state index in [0.717, 1.165) is 100 Å². The SMILES string of the molecule is Cc1cc(-c2ccccc2)c(-c2ccccc2)c(-c2ccccc2)c1[Si](Cl)(c1c(C)cc(-c2ccccc2)c(-c2ccccc2)c1-c1ccccc1)c1c(C)cc(-c2ccccc2)c(-c2ccccc2)c1-c1ccccc1. The van der Waals surface area contributed by atoms with Crippen LogP contribution in [0.2, 0.25) is 0 Å². The molecular weight excluding hydrogens is 964 g/mol. The van der Waals surface area contributed by atoms with Crippen molar-refractivity contribution in [1.29, 1.82) is 0 Å². The maximum Gasteiger partial charge on any atom is 0.250 e. The molecule has 0 aliphatic carbocycles. The zero-order valence-corrected chi connectivity index (χ0v) is 45.3. The van der Waals surface area contributed by atoms with Crippen LogP contribution in [0.25, 0.3) is 100 Å². The molecule has 0 fully saturated rings. The molecule has 0 amide bonds. The second-order valence-corrected chi connectivity index (χ2v) is 24.6. The van der Waals surface area contributed by atoms with Gasteiger partial charge in [-0.15, -0.1) is 11.1 Å². The van der Waals surface area contributed by atoms with Crippen molar-refractivity contribution >= 4 is 34.0 Å². The van der Waals surface area contributed by atoms with Gasteiger partial charge in [-0.3, -0.25) is 0 Å². The Labute approximate surface area is 460 Å². The van der Waals surface area contributed by atoms with Gasteiger partial charge >= 0.3 is 0 Å². The van der Waals surface area contributed by atoms with Crippen molar-refractivity contribution in [1.82, 2.24) is 0 Å². The van der Waals surface area contributed by atoms with Gasteiger partial charge in [0.15, 0.2) is 0 Å². The summed E-state index contributed by atoms with van der Waals surface area (Å²) in [4.78, 5) is 0. The molecule has 12 aromatic rings.